The van der Waals surface area contributed by atoms with Gasteiger partial charge in [-0.1, -0.05) is 6.08 Å². The van der Waals surface area contributed by atoms with Crippen LogP contribution >= 0.6 is 0 Å². The highest BCUT2D eigenvalue weighted by Crippen LogP contribution is 2.20. The summed E-state index contributed by atoms with van der Waals surface area (Å²) in [5, 5.41) is 9.76. The summed E-state index contributed by atoms with van der Waals surface area (Å²) in [6.07, 6.45) is 5.87. The molecule has 0 aromatic rings. The summed E-state index contributed by atoms with van der Waals surface area (Å²) in [6, 6.07) is 0.393. The third-order valence-electron chi connectivity index (χ3n) is 2.69. The number of nitrogens with zero attached hydrogens (tertiary/aromatic N) is 1. The minimum absolute atomic E-state index is 0.157. The zero-order chi connectivity index (χ0) is 8.97. The Hall–Kier alpha value is -0.340. The minimum atomic E-state index is -0.157. The fourth-order valence-electron chi connectivity index (χ4n) is 1.90. The van der Waals surface area contributed by atoms with E-state index in [1.54, 1.807) is 0 Å². The molecule has 0 spiro atoms. The van der Waals surface area contributed by atoms with Crippen LogP contribution in [0.4, 0.5) is 0 Å². The third kappa shape index (κ3) is 2.32. The first-order valence-electron chi connectivity index (χ1n) is 4.75. The van der Waals surface area contributed by atoms with E-state index in [0.717, 1.165) is 25.8 Å². The Bertz CT molecular complexity index is 147. The number of likely N-dealkylation sites (tertiary alicyclic amines) is 1. The smallest absolute Gasteiger partial charge is 0.0698 e. The van der Waals surface area contributed by atoms with E-state index >= 15 is 0 Å². The van der Waals surface area contributed by atoms with Crippen molar-refractivity contribution >= 4 is 0 Å². The average Bonchev–Trinajstić information content (AvgIpc) is 2.47. The number of likely N-dealkylation sites (N-methyl/N-ethyl adjacent to an activating group) is 1. The molecule has 70 valence electrons. The largest absolute Gasteiger partial charge is 0.391 e. The van der Waals surface area contributed by atoms with Crippen LogP contribution < -0.4 is 0 Å². The fourth-order valence-corrected chi connectivity index (χ4v) is 1.90. The molecule has 1 heterocycles. The van der Waals surface area contributed by atoms with E-state index in [-0.39, 0.29) is 6.10 Å². The van der Waals surface area contributed by atoms with E-state index in [0.29, 0.717) is 6.04 Å². The molecular weight excluding hydrogens is 150 g/mol. The number of aliphatic hydroxyl groups is 1. The Balaban J connectivity index is 2.29. The summed E-state index contributed by atoms with van der Waals surface area (Å²) >= 11 is 0. The highest BCUT2D eigenvalue weighted by atomic mass is 16.3. The Kier molecular flexibility index (Phi) is 3.76. The van der Waals surface area contributed by atoms with Crippen LogP contribution in [-0.4, -0.2) is 35.7 Å². The summed E-state index contributed by atoms with van der Waals surface area (Å²) in [5.74, 6) is 0. The van der Waals surface area contributed by atoms with Gasteiger partial charge in [-0.25, -0.2) is 0 Å². The first-order chi connectivity index (χ1) is 5.75. The monoisotopic (exact) mass is 169 g/mol. The second kappa shape index (κ2) is 4.63. The predicted molar refractivity (Wildman–Crippen MR) is 51.1 cm³/mol. The molecule has 1 fully saturated rings. The number of aliphatic hydroxyl groups excluding tert-OH is 1. The van der Waals surface area contributed by atoms with Crippen molar-refractivity contribution in [1.29, 1.82) is 0 Å². The average molecular weight is 169 g/mol. The molecule has 0 saturated carbocycles. The number of hydrogen-bond donors (Lipinski definition) is 1. The molecule has 0 aromatic heterocycles. The van der Waals surface area contributed by atoms with E-state index in [4.69, 9.17) is 0 Å². The molecule has 0 aliphatic carbocycles. The van der Waals surface area contributed by atoms with Gasteiger partial charge in [0, 0.05) is 6.04 Å². The highest BCUT2D eigenvalue weighted by Gasteiger charge is 2.26. The molecule has 0 bridgehead atoms. The van der Waals surface area contributed by atoms with Gasteiger partial charge in [0.25, 0.3) is 0 Å². The second-order valence-corrected chi connectivity index (χ2v) is 3.62. The Labute approximate surface area is 74.9 Å². The molecule has 1 N–H and O–H groups in total. The second-order valence-electron chi connectivity index (χ2n) is 3.62. The standard InChI is InChI=1S/C10H19NO/c1-3-4-7-10(12)9-6-5-8-11(9)2/h3,9-10,12H,1,4-8H2,2H3. The summed E-state index contributed by atoms with van der Waals surface area (Å²) in [4.78, 5) is 2.26. The van der Waals surface area contributed by atoms with Crippen LogP contribution in [0.2, 0.25) is 0 Å². The quantitative estimate of drug-likeness (QED) is 0.643. The van der Waals surface area contributed by atoms with Gasteiger partial charge in [-0.05, 0) is 39.3 Å². The topological polar surface area (TPSA) is 23.5 Å². The van der Waals surface area contributed by atoms with Crippen molar-refractivity contribution in [3.05, 3.63) is 12.7 Å². The lowest BCUT2D eigenvalue weighted by molar-refractivity contribution is 0.0794. The Morgan fingerprint density at radius 2 is 2.50 bits per heavy atom. The molecule has 12 heavy (non-hydrogen) atoms. The maximum absolute atomic E-state index is 9.76. The van der Waals surface area contributed by atoms with Crippen molar-refractivity contribution in [2.45, 2.75) is 37.8 Å². The minimum Gasteiger partial charge on any atom is -0.391 e. The molecule has 1 saturated heterocycles. The summed E-state index contributed by atoms with van der Waals surface area (Å²) in [6.45, 7) is 4.79. The lowest BCUT2D eigenvalue weighted by atomic mass is 10.0. The summed E-state index contributed by atoms with van der Waals surface area (Å²) in [5.41, 5.74) is 0. The fraction of sp³-hybridized carbons (Fsp3) is 0.800. The summed E-state index contributed by atoms with van der Waals surface area (Å²) < 4.78 is 0. The van der Waals surface area contributed by atoms with Crippen molar-refractivity contribution in [3.63, 3.8) is 0 Å². The highest BCUT2D eigenvalue weighted by molar-refractivity contribution is 4.84. The van der Waals surface area contributed by atoms with E-state index in [1.165, 1.54) is 6.42 Å². The van der Waals surface area contributed by atoms with Crippen LogP contribution in [-0.2, 0) is 0 Å². The number of hydrogen-bond acceptors (Lipinski definition) is 2. The van der Waals surface area contributed by atoms with Gasteiger partial charge in [-0.3, -0.25) is 0 Å². The van der Waals surface area contributed by atoms with Crippen molar-refractivity contribution in [2.24, 2.45) is 0 Å². The lowest BCUT2D eigenvalue weighted by Gasteiger charge is -2.24. The van der Waals surface area contributed by atoms with Crippen molar-refractivity contribution in [2.75, 3.05) is 13.6 Å². The van der Waals surface area contributed by atoms with Crippen LogP contribution in [0, 0.1) is 0 Å². The molecule has 1 rings (SSSR count). The van der Waals surface area contributed by atoms with Crippen LogP contribution in [0.15, 0.2) is 12.7 Å². The van der Waals surface area contributed by atoms with Gasteiger partial charge in [0.1, 0.15) is 0 Å². The van der Waals surface area contributed by atoms with Gasteiger partial charge >= 0.3 is 0 Å². The van der Waals surface area contributed by atoms with Gasteiger partial charge < -0.3 is 10.0 Å². The maximum Gasteiger partial charge on any atom is 0.0698 e. The molecule has 0 radical (unpaired) electrons. The van der Waals surface area contributed by atoms with Crippen molar-refractivity contribution < 1.29 is 5.11 Å². The van der Waals surface area contributed by atoms with E-state index < -0.39 is 0 Å². The van der Waals surface area contributed by atoms with Gasteiger partial charge in [0.05, 0.1) is 6.10 Å². The van der Waals surface area contributed by atoms with Gasteiger partial charge in [-0.15, -0.1) is 6.58 Å². The Morgan fingerprint density at radius 1 is 1.75 bits per heavy atom. The molecule has 2 unspecified atom stereocenters. The normalized spacial score (nSPS) is 27.3. The van der Waals surface area contributed by atoms with Crippen LogP contribution in [0.25, 0.3) is 0 Å². The first-order valence-corrected chi connectivity index (χ1v) is 4.75. The van der Waals surface area contributed by atoms with Crippen molar-refractivity contribution in [3.8, 4) is 0 Å². The number of allylic oxidation sites excluding steroid dienone is 1. The predicted octanol–water partition coefficient (Wildman–Crippen LogP) is 1.41. The zero-order valence-corrected chi connectivity index (χ0v) is 7.87. The maximum atomic E-state index is 9.76. The van der Waals surface area contributed by atoms with Gasteiger partial charge in [0.2, 0.25) is 0 Å². The molecule has 2 nitrogen and oxygen atoms in total. The van der Waals surface area contributed by atoms with Crippen LogP contribution in [0.5, 0.6) is 0 Å². The molecule has 1 aliphatic rings. The van der Waals surface area contributed by atoms with E-state index in [2.05, 4.69) is 18.5 Å². The number of rotatable bonds is 4. The molecule has 0 amide bonds. The zero-order valence-electron chi connectivity index (χ0n) is 7.87. The van der Waals surface area contributed by atoms with E-state index in [9.17, 15) is 5.11 Å². The molecule has 1 aliphatic heterocycles. The van der Waals surface area contributed by atoms with Gasteiger partial charge in [-0.2, -0.15) is 0 Å². The Morgan fingerprint density at radius 3 is 3.00 bits per heavy atom. The molecule has 2 heteroatoms. The first kappa shape index (κ1) is 9.75. The van der Waals surface area contributed by atoms with E-state index in [1.807, 2.05) is 6.08 Å². The van der Waals surface area contributed by atoms with Crippen LogP contribution in [0.1, 0.15) is 25.7 Å². The SMILES string of the molecule is C=CCCC(O)C1CCCN1C. The van der Waals surface area contributed by atoms with Crippen LogP contribution in [0.3, 0.4) is 0 Å². The van der Waals surface area contributed by atoms with Gasteiger partial charge in [0.15, 0.2) is 0 Å². The lowest BCUT2D eigenvalue weighted by Crippen LogP contribution is -2.36. The molecule has 2 atom stereocenters. The molecule has 0 aromatic carbocycles. The third-order valence-corrected chi connectivity index (χ3v) is 2.69. The summed E-state index contributed by atoms with van der Waals surface area (Å²) in [7, 11) is 2.09. The molecular formula is C10H19NO. The van der Waals surface area contributed by atoms with Crippen molar-refractivity contribution in [1.82, 2.24) is 4.90 Å².